The van der Waals surface area contributed by atoms with Crippen LogP contribution in [0.2, 0.25) is 0 Å². The normalized spacial score (nSPS) is 17.6. The minimum atomic E-state index is -4.53. The first-order chi connectivity index (χ1) is 11.7. The average Bonchev–Trinajstić information content (AvgIpc) is 3.05. The minimum Gasteiger partial charge on any atom is -0.343 e. The number of benzene rings is 1. The van der Waals surface area contributed by atoms with Crippen LogP contribution in [0.25, 0.3) is 0 Å². The lowest BCUT2D eigenvalue weighted by molar-refractivity contribution is -0.123. The zero-order valence-corrected chi connectivity index (χ0v) is 15.4. The Bertz CT molecular complexity index is 708. The molecule has 0 radical (unpaired) electrons. The van der Waals surface area contributed by atoms with E-state index in [0.717, 1.165) is 25.6 Å². The second-order valence-corrected chi connectivity index (χ2v) is 7.64. The quantitative estimate of drug-likeness (QED) is 0.632. The van der Waals surface area contributed by atoms with E-state index in [9.17, 15) is 26.4 Å². The summed E-state index contributed by atoms with van der Waals surface area (Å²) in [6.07, 6.45) is -2.84. The van der Waals surface area contributed by atoms with E-state index in [0.29, 0.717) is 12.3 Å². The van der Waals surface area contributed by atoms with Crippen molar-refractivity contribution < 1.29 is 26.4 Å². The Morgan fingerprint density at radius 2 is 2.04 bits per heavy atom. The van der Waals surface area contributed by atoms with Crippen LogP contribution in [0.15, 0.2) is 29.2 Å². The SMILES string of the molecule is Cl.O=C(NCC(F)(F)F)c1cccc(S(=O)(=O)NCCC2CCNC2)c1. The Balaban J connectivity index is 0.00000338. The molecule has 0 spiro atoms. The van der Waals surface area contributed by atoms with E-state index >= 15 is 0 Å². The maximum atomic E-state index is 12.3. The average molecular weight is 416 g/mol. The van der Waals surface area contributed by atoms with Crippen LogP contribution in [0.5, 0.6) is 0 Å². The van der Waals surface area contributed by atoms with Gasteiger partial charge in [0.05, 0.1) is 4.90 Å². The molecule has 2 rings (SSSR count). The highest BCUT2D eigenvalue weighted by Crippen LogP contribution is 2.15. The molecule has 1 atom stereocenters. The van der Waals surface area contributed by atoms with Crippen molar-refractivity contribution in [3.8, 4) is 0 Å². The molecule has 1 amide bonds. The van der Waals surface area contributed by atoms with Crippen molar-refractivity contribution in [1.29, 1.82) is 0 Å². The van der Waals surface area contributed by atoms with Gasteiger partial charge in [-0.25, -0.2) is 13.1 Å². The largest absolute Gasteiger partial charge is 0.405 e. The number of hydrogen-bond donors (Lipinski definition) is 3. The van der Waals surface area contributed by atoms with Crippen LogP contribution in [-0.2, 0) is 10.0 Å². The van der Waals surface area contributed by atoms with Gasteiger partial charge in [-0.1, -0.05) is 6.07 Å². The molecule has 1 aromatic rings. The number of sulfonamides is 1. The molecular weight excluding hydrogens is 395 g/mol. The number of hydrogen-bond acceptors (Lipinski definition) is 4. The van der Waals surface area contributed by atoms with Crippen LogP contribution in [0, 0.1) is 5.92 Å². The van der Waals surface area contributed by atoms with Gasteiger partial charge in [0.25, 0.3) is 5.91 Å². The van der Waals surface area contributed by atoms with Crippen molar-refractivity contribution in [2.75, 3.05) is 26.2 Å². The first-order valence-corrected chi connectivity index (χ1v) is 9.31. The zero-order chi connectivity index (χ0) is 18.5. The molecule has 0 aromatic heterocycles. The number of carbonyl (C=O) groups is 1. The molecule has 26 heavy (non-hydrogen) atoms. The summed E-state index contributed by atoms with van der Waals surface area (Å²) in [6.45, 7) is 0.568. The van der Waals surface area contributed by atoms with Crippen LogP contribution < -0.4 is 15.4 Å². The zero-order valence-electron chi connectivity index (χ0n) is 13.8. The molecule has 1 fully saturated rings. The lowest BCUT2D eigenvalue weighted by atomic mass is 10.1. The molecule has 1 heterocycles. The van der Waals surface area contributed by atoms with Gasteiger partial charge >= 0.3 is 6.18 Å². The Morgan fingerprint density at radius 1 is 1.31 bits per heavy atom. The first-order valence-electron chi connectivity index (χ1n) is 7.83. The van der Waals surface area contributed by atoms with E-state index in [1.165, 1.54) is 18.2 Å². The second-order valence-electron chi connectivity index (χ2n) is 5.87. The Hall–Kier alpha value is -1.36. The van der Waals surface area contributed by atoms with Crippen molar-refractivity contribution in [3.63, 3.8) is 0 Å². The Labute approximate surface area is 156 Å². The van der Waals surface area contributed by atoms with E-state index in [1.54, 1.807) is 5.32 Å². The monoisotopic (exact) mass is 415 g/mol. The van der Waals surface area contributed by atoms with Crippen molar-refractivity contribution in [1.82, 2.24) is 15.4 Å². The van der Waals surface area contributed by atoms with E-state index in [4.69, 9.17) is 0 Å². The fraction of sp³-hybridized carbons (Fsp3) is 0.533. The van der Waals surface area contributed by atoms with Gasteiger partial charge in [-0.3, -0.25) is 4.79 Å². The number of carbonyl (C=O) groups excluding carboxylic acids is 1. The number of rotatable bonds is 7. The molecule has 1 aliphatic heterocycles. The van der Waals surface area contributed by atoms with Gasteiger partial charge in [0.1, 0.15) is 6.54 Å². The molecule has 0 bridgehead atoms. The highest BCUT2D eigenvalue weighted by molar-refractivity contribution is 7.89. The molecular formula is C15H21ClF3N3O3S. The van der Waals surface area contributed by atoms with Crippen LogP contribution >= 0.6 is 12.4 Å². The number of halogens is 4. The molecule has 6 nitrogen and oxygen atoms in total. The summed E-state index contributed by atoms with van der Waals surface area (Å²) >= 11 is 0. The highest BCUT2D eigenvalue weighted by atomic mass is 35.5. The van der Waals surface area contributed by atoms with Gasteiger partial charge < -0.3 is 10.6 Å². The van der Waals surface area contributed by atoms with Crippen LogP contribution in [0.1, 0.15) is 23.2 Å². The molecule has 0 saturated carbocycles. The van der Waals surface area contributed by atoms with Gasteiger partial charge in [0, 0.05) is 12.1 Å². The van der Waals surface area contributed by atoms with Gasteiger partial charge in [0.15, 0.2) is 0 Å². The summed E-state index contributed by atoms with van der Waals surface area (Å²) in [4.78, 5) is 11.6. The Kier molecular flexibility index (Phi) is 8.32. The molecule has 3 N–H and O–H groups in total. The fourth-order valence-corrected chi connectivity index (χ4v) is 3.62. The van der Waals surface area contributed by atoms with Crippen LogP contribution in [0.4, 0.5) is 13.2 Å². The van der Waals surface area contributed by atoms with Gasteiger partial charge in [0.2, 0.25) is 10.0 Å². The summed E-state index contributed by atoms with van der Waals surface area (Å²) in [5.74, 6) is -0.561. The maximum absolute atomic E-state index is 12.3. The third-order valence-electron chi connectivity index (χ3n) is 3.86. The summed E-state index contributed by atoms with van der Waals surface area (Å²) < 4.78 is 63.4. The number of alkyl halides is 3. The van der Waals surface area contributed by atoms with Crippen molar-refractivity contribution in [3.05, 3.63) is 29.8 Å². The second kappa shape index (κ2) is 9.54. The van der Waals surface area contributed by atoms with Crippen molar-refractivity contribution >= 4 is 28.3 Å². The molecule has 148 valence electrons. The highest BCUT2D eigenvalue weighted by Gasteiger charge is 2.28. The number of nitrogens with one attached hydrogen (secondary N) is 3. The smallest absolute Gasteiger partial charge is 0.343 e. The van der Waals surface area contributed by atoms with Gasteiger partial charge in [-0.2, -0.15) is 13.2 Å². The minimum absolute atomic E-state index is 0. The molecule has 0 aliphatic carbocycles. The summed E-state index contributed by atoms with van der Waals surface area (Å²) in [7, 11) is -3.82. The topological polar surface area (TPSA) is 87.3 Å². The van der Waals surface area contributed by atoms with Crippen LogP contribution in [-0.4, -0.2) is 46.7 Å². The predicted octanol–water partition coefficient (Wildman–Crippen LogP) is 1.68. The molecule has 1 aromatic carbocycles. The van der Waals surface area contributed by atoms with E-state index in [1.807, 2.05) is 0 Å². The third kappa shape index (κ3) is 7.10. The molecule has 1 aliphatic rings. The van der Waals surface area contributed by atoms with Gasteiger partial charge in [-0.05, 0) is 50.0 Å². The lowest BCUT2D eigenvalue weighted by Crippen LogP contribution is -2.34. The summed E-state index contributed by atoms with van der Waals surface area (Å²) in [5.41, 5.74) is -0.146. The van der Waals surface area contributed by atoms with Crippen molar-refractivity contribution in [2.45, 2.75) is 23.9 Å². The molecule has 1 unspecified atom stereocenters. The molecule has 11 heteroatoms. The van der Waals surface area contributed by atoms with E-state index in [2.05, 4.69) is 10.0 Å². The number of amides is 1. The predicted molar refractivity (Wildman–Crippen MR) is 92.9 cm³/mol. The Morgan fingerprint density at radius 3 is 2.65 bits per heavy atom. The fourth-order valence-electron chi connectivity index (χ4n) is 2.53. The maximum Gasteiger partial charge on any atom is 0.405 e. The first kappa shape index (κ1) is 22.7. The van der Waals surface area contributed by atoms with Gasteiger partial charge in [-0.15, -0.1) is 12.4 Å². The van der Waals surface area contributed by atoms with Crippen molar-refractivity contribution in [2.24, 2.45) is 5.92 Å². The lowest BCUT2D eigenvalue weighted by Gasteiger charge is -2.11. The summed E-state index contributed by atoms with van der Waals surface area (Å²) in [6, 6.07) is 4.93. The standard InChI is InChI=1S/C15H20F3N3O3S.ClH/c16-15(17,18)10-20-14(22)12-2-1-3-13(8-12)25(23,24)21-7-5-11-4-6-19-9-11;/h1-3,8,11,19,21H,4-7,9-10H2,(H,20,22);1H. The van der Waals surface area contributed by atoms with E-state index in [-0.39, 0.29) is 29.4 Å². The van der Waals surface area contributed by atoms with E-state index < -0.39 is 28.7 Å². The van der Waals surface area contributed by atoms with Crippen LogP contribution in [0.3, 0.4) is 0 Å². The third-order valence-corrected chi connectivity index (χ3v) is 5.32. The summed E-state index contributed by atoms with van der Waals surface area (Å²) in [5, 5.41) is 4.90. The molecule has 1 saturated heterocycles.